The largest absolute Gasteiger partial charge is 0.461 e. The second-order valence-electron chi connectivity index (χ2n) is 3.63. The van der Waals surface area contributed by atoms with Crippen molar-refractivity contribution in [2.75, 3.05) is 5.75 Å². The van der Waals surface area contributed by atoms with Crippen molar-refractivity contribution in [2.45, 2.75) is 25.5 Å². The standard InChI is InChI=1S/C12H17NO2S/c13-11(9-16)6-7-12(14)15-8-10-4-2-1-3-5-10/h1-5,11,16H,6-9,13H2. The van der Waals surface area contributed by atoms with Crippen LogP contribution in [0.5, 0.6) is 0 Å². The van der Waals surface area contributed by atoms with Gasteiger partial charge < -0.3 is 10.5 Å². The lowest BCUT2D eigenvalue weighted by Crippen LogP contribution is -2.23. The molecule has 0 radical (unpaired) electrons. The second kappa shape index (κ2) is 7.30. The number of ether oxygens (including phenoxy) is 1. The van der Waals surface area contributed by atoms with Gasteiger partial charge in [-0.1, -0.05) is 30.3 Å². The van der Waals surface area contributed by atoms with E-state index in [-0.39, 0.29) is 12.0 Å². The van der Waals surface area contributed by atoms with Gasteiger partial charge in [-0.25, -0.2) is 0 Å². The van der Waals surface area contributed by atoms with Crippen molar-refractivity contribution in [3.8, 4) is 0 Å². The van der Waals surface area contributed by atoms with E-state index in [1.54, 1.807) is 0 Å². The molecule has 0 aliphatic rings. The molecule has 0 bridgehead atoms. The van der Waals surface area contributed by atoms with Gasteiger partial charge in [-0.15, -0.1) is 0 Å². The molecule has 0 spiro atoms. The first-order valence-electron chi connectivity index (χ1n) is 5.28. The van der Waals surface area contributed by atoms with Gasteiger partial charge in [0.15, 0.2) is 0 Å². The molecular formula is C12H17NO2S. The Morgan fingerprint density at radius 3 is 2.69 bits per heavy atom. The Bertz CT molecular complexity index is 316. The summed E-state index contributed by atoms with van der Waals surface area (Å²) >= 11 is 4.05. The Kier molecular flexibility index (Phi) is 5.96. The summed E-state index contributed by atoms with van der Waals surface area (Å²) in [6.45, 7) is 0.329. The van der Waals surface area contributed by atoms with Gasteiger partial charge in [-0.2, -0.15) is 12.6 Å². The number of carbonyl (C=O) groups is 1. The number of rotatable bonds is 6. The first kappa shape index (κ1) is 13.1. The Balaban J connectivity index is 2.20. The third kappa shape index (κ3) is 5.19. The van der Waals surface area contributed by atoms with Gasteiger partial charge in [0, 0.05) is 18.2 Å². The Hall–Kier alpha value is -1.00. The Labute approximate surface area is 101 Å². The van der Waals surface area contributed by atoms with Crippen LogP contribution in [0.15, 0.2) is 30.3 Å². The van der Waals surface area contributed by atoms with Crippen LogP contribution in [0, 0.1) is 0 Å². The third-order valence-corrected chi connectivity index (χ3v) is 2.67. The van der Waals surface area contributed by atoms with Crippen LogP contribution in [0.25, 0.3) is 0 Å². The Morgan fingerprint density at radius 1 is 1.38 bits per heavy atom. The monoisotopic (exact) mass is 239 g/mol. The number of hydrogen-bond donors (Lipinski definition) is 2. The van der Waals surface area contributed by atoms with Gasteiger partial charge in [0.1, 0.15) is 6.61 Å². The molecule has 0 amide bonds. The van der Waals surface area contributed by atoms with Crippen LogP contribution in [0.1, 0.15) is 18.4 Å². The van der Waals surface area contributed by atoms with Gasteiger partial charge in [-0.05, 0) is 12.0 Å². The summed E-state index contributed by atoms with van der Waals surface area (Å²) in [4.78, 5) is 11.3. The van der Waals surface area contributed by atoms with Gasteiger partial charge in [0.25, 0.3) is 0 Å². The lowest BCUT2D eigenvalue weighted by atomic mass is 10.2. The van der Waals surface area contributed by atoms with Crippen LogP contribution < -0.4 is 5.73 Å². The molecule has 1 unspecified atom stereocenters. The molecule has 0 saturated heterocycles. The average Bonchev–Trinajstić information content (AvgIpc) is 2.34. The van der Waals surface area contributed by atoms with Crippen LogP contribution in [-0.4, -0.2) is 17.8 Å². The number of thiol groups is 1. The molecule has 16 heavy (non-hydrogen) atoms. The molecule has 1 atom stereocenters. The normalized spacial score (nSPS) is 12.1. The third-order valence-electron chi connectivity index (χ3n) is 2.20. The van der Waals surface area contributed by atoms with Crippen LogP contribution in [0.2, 0.25) is 0 Å². The molecule has 0 aromatic heterocycles. The summed E-state index contributed by atoms with van der Waals surface area (Å²) in [5.41, 5.74) is 6.64. The summed E-state index contributed by atoms with van der Waals surface area (Å²) in [5.74, 6) is 0.382. The highest BCUT2D eigenvalue weighted by Gasteiger charge is 2.06. The molecule has 0 saturated carbocycles. The number of hydrogen-bond acceptors (Lipinski definition) is 4. The topological polar surface area (TPSA) is 52.3 Å². The molecule has 1 aromatic carbocycles. The lowest BCUT2D eigenvalue weighted by Gasteiger charge is -2.08. The fourth-order valence-electron chi connectivity index (χ4n) is 1.20. The molecule has 1 aromatic rings. The minimum absolute atomic E-state index is 0.0346. The molecular weight excluding hydrogens is 222 g/mol. The summed E-state index contributed by atoms with van der Waals surface area (Å²) < 4.78 is 5.10. The average molecular weight is 239 g/mol. The molecule has 2 N–H and O–H groups in total. The van der Waals surface area contributed by atoms with Crippen molar-refractivity contribution >= 4 is 18.6 Å². The smallest absolute Gasteiger partial charge is 0.306 e. The fraction of sp³-hybridized carbons (Fsp3) is 0.417. The first-order chi connectivity index (χ1) is 7.72. The lowest BCUT2D eigenvalue weighted by molar-refractivity contribution is -0.145. The summed E-state index contributed by atoms with van der Waals surface area (Å²) in [6.07, 6.45) is 0.978. The predicted octanol–water partition coefficient (Wildman–Crippen LogP) is 1.77. The van der Waals surface area contributed by atoms with Gasteiger partial charge in [-0.3, -0.25) is 4.79 Å². The second-order valence-corrected chi connectivity index (χ2v) is 3.99. The number of benzene rings is 1. The number of carbonyl (C=O) groups excluding carboxylic acids is 1. The van der Waals surface area contributed by atoms with Gasteiger partial charge >= 0.3 is 5.97 Å². The highest BCUT2D eigenvalue weighted by molar-refractivity contribution is 7.80. The van der Waals surface area contributed by atoms with E-state index in [9.17, 15) is 4.79 Å². The van der Waals surface area contributed by atoms with E-state index in [2.05, 4.69) is 12.6 Å². The minimum atomic E-state index is -0.207. The summed E-state index contributed by atoms with van der Waals surface area (Å²) in [6, 6.07) is 9.57. The van der Waals surface area contributed by atoms with Crippen LogP contribution in [-0.2, 0) is 16.1 Å². The van der Waals surface area contributed by atoms with E-state index < -0.39 is 0 Å². The van der Waals surface area contributed by atoms with E-state index in [0.717, 1.165) is 5.56 Å². The zero-order chi connectivity index (χ0) is 11.8. The maximum atomic E-state index is 11.3. The van der Waals surface area contributed by atoms with Crippen molar-refractivity contribution in [1.29, 1.82) is 0 Å². The molecule has 0 heterocycles. The van der Waals surface area contributed by atoms with E-state index in [0.29, 0.717) is 25.2 Å². The number of nitrogens with two attached hydrogens (primary N) is 1. The quantitative estimate of drug-likeness (QED) is 0.587. The molecule has 0 fully saturated rings. The van der Waals surface area contributed by atoms with Crippen LogP contribution in [0.3, 0.4) is 0 Å². The van der Waals surface area contributed by atoms with Crippen LogP contribution in [0.4, 0.5) is 0 Å². The summed E-state index contributed by atoms with van der Waals surface area (Å²) in [7, 11) is 0. The Morgan fingerprint density at radius 2 is 2.06 bits per heavy atom. The molecule has 0 aliphatic carbocycles. The number of esters is 1. The van der Waals surface area contributed by atoms with E-state index in [1.807, 2.05) is 30.3 Å². The maximum absolute atomic E-state index is 11.3. The molecule has 3 nitrogen and oxygen atoms in total. The van der Waals surface area contributed by atoms with Crippen LogP contribution >= 0.6 is 12.6 Å². The molecule has 0 aliphatic heterocycles. The van der Waals surface area contributed by atoms with Crippen molar-refractivity contribution < 1.29 is 9.53 Å². The SMILES string of the molecule is NC(CS)CCC(=O)OCc1ccccc1. The molecule has 4 heteroatoms. The van der Waals surface area contributed by atoms with Gasteiger partial charge in [0.05, 0.1) is 0 Å². The van der Waals surface area contributed by atoms with Crippen molar-refractivity contribution in [2.24, 2.45) is 5.73 Å². The predicted molar refractivity (Wildman–Crippen MR) is 67.3 cm³/mol. The van der Waals surface area contributed by atoms with Gasteiger partial charge in [0.2, 0.25) is 0 Å². The molecule has 1 rings (SSSR count). The van der Waals surface area contributed by atoms with Crippen molar-refractivity contribution in [1.82, 2.24) is 0 Å². The highest BCUT2D eigenvalue weighted by Crippen LogP contribution is 2.03. The highest BCUT2D eigenvalue weighted by atomic mass is 32.1. The molecule has 88 valence electrons. The van der Waals surface area contributed by atoms with E-state index >= 15 is 0 Å². The fourth-order valence-corrected chi connectivity index (χ4v) is 1.39. The minimum Gasteiger partial charge on any atom is -0.461 e. The summed E-state index contributed by atoms with van der Waals surface area (Å²) in [5, 5.41) is 0. The van der Waals surface area contributed by atoms with Crippen molar-refractivity contribution in [3.05, 3.63) is 35.9 Å². The first-order valence-corrected chi connectivity index (χ1v) is 5.91. The maximum Gasteiger partial charge on any atom is 0.306 e. The zero-order valence-corrected chi connectivity index (χ0v) is 10.0. The zero-order valence-electron chi connectivity index (χ0n) is 9.13. The van der Waals surface area contributed by atoms with E-state index in [1.165, 1.54) is 0 Å². The van der Waals surface area contributed by atoms with Crippen molar-refractivity contribution in [3.63, 3.8) is 0 Å². The van der Waals surface area contributed by atoms with E-state index in [4.69, 9.17) is 10.5 Å².